The normalized spacial score (nSPS) is 15.5. The fourth-order valence-corrected chi connectivity index (χ4v) is 13.7. The van der Waals surface area contributed by atoms with E-state index in [1.807, 2.05) is 0 Å². The van der Waals surface area contributed by atoms with Crippen LogP contribution in [0.3, 0.4) is 0 Å². The van der Waals surface area contributed by atoms with Crippen LogP contribution in [0, 0.1) is 5.92 Å². The third kappa shape index (κ3) is 35.7. The van der Waals surface area contributed by atoms with E-state index in [-0.39, 0.29) is 81.7 Å². The summed E-state index contributed by atoms with van der Waals surface area (Å²) < 4.78 is 0. The number of carbonyl (C=O) groups excluding carboxylic acids is 16. The zero-order chi connectivity index (χ0) is 93.1. The molecule has 12 amide bonds. The Balaban J connectivity index is 0.00000683. The molecule has 41 heteroatoms. The molecule has 1 aliphatic rings. The van der Waals surface area contributed by atoms with Crippen LogP contribution in [-0.2, 0) is 102 Å². The van der Waals surface area contributed by atoms with Crippen molar-refractivity contribution >= 4 is 143 Å². The predicted octanol–water partition coefficient (Wildman–Crippen LogP) is -4.20. The number of primary amides is 1. The van der Waals surface area contributed by atoms with Crippen molar-refractivity contribution in [3.05, 3.63) is 144 Å². The number of para-hydroxylation sites is 1. The zero-order valence-corrected chi connectivity index (χ0v) is 74.1. The number of aliphatic hydroxyl groups is 3. The average Bonchev–Trinajstić information content (AvgIpc) is 1.63. The molecule has 690 valence electrons. The van der Waals surface area contributed by atoms with Gasteiger partial charge in [0.15, 0.2) is 0 Å². The van der Waals surface area contributed by atoms with Gasteiger partial charge in [0, 0.05) is 60.0 Å². The minimum atomic E-state index is -1.91. The summed E-state index contributed by atoms with van der Waals surface area (Å²) in [5, 5.41) is 66.0. The van der Waals surface area contributed by atoms with Crippen LogP contribution in [0.25, 0.3) is 10.9 Å². The van der Waals surface area contributed by atoms with Crippen molar-refractivity contribution in [1.82, 2.24) is 85.0 Å². The summed E-state index contributed by atoms with van der Waals surface area (Å²) in [4.78, 5) is 227. The number of nitrogens with two attached hydrogens (primary N) is 3. The van der Waals surface area contributed by atoms with Gasteiger partial charge in [-0.15, -0.1) is 0 Å². The average molecular weight is 1810 g/mol. The number of aromatic nitrogens is 1. The molecule has 0 saturated heterocycles. The molecule has 3 unspecified atom stereocenters. The molecule has 4 aromatic carbocycles. The van der Waals surface area contributed by atoms with Crippen LogP contribution < -0.4 is 97.2 Å². The highest BCUT2D eigenvalue weighted by Gasteiger charge is 2.40. The number of aliphatic hydroxyl groups excluding tert-OH is 3. The Morgan fingerprint density at radius 1 is 0.421 bits per heavy atom. The first-order chi connectivity index (χ1) is 60.1. The Morgan fingerprint density at radius 3 is 1.17 bits per heavy atom. The Morgan fingerprint density at radius 2 is 0.770 bits per heavy atom. The number of rotatable bonds is 57. The zero-order valence-electron chi connectivity index (χ0n) is 71.5. The number of nitrogens with one attached hydrogen (secondary N) is 16. The lowest BCUT2D eigenvalue weighted by atomic mass is 10.00. The van der Waals surface area contributed by atoms with Crippen LogP contribution in [-0.4, -0.2) is 269 Å². The largest absolute Gasteiger partial charge is 0.394 e. The summed E-state index contributed by atoms with van der Waals surface area (Å²) in [6.45, 7) is 4.55. The first kappa shape index (κ1) is 106. The fourth-order valence-electron chi connectivity index (χ4n) is 12.7. The summed E-state index contributed by atoms with van der Waals surface area (Å²) in [7, 11) is 2.86. The number of amides is 12. The maximum atomic E-state index is 15.4. The van der Waals surface area contributed by atoms with Crippen LogP contribution in [0.4, 0.5) is 0 Å². The molecule has 1 heterocycles. The van der Waals surface area contributed by atoms with Crippen molar-refractivity contribution in [1.29, 1.82) is 0 Å². The number of fused-ring (bicyclic) bond motifs is 1. The highest BCUT2D eigenvalue weighted by molar-refractivity contribution is 7.80. The molecule has 1 aliphatic carbocycles. The first-order valence-corrected chi connectivity index (χ1v) is 43.5. The van der Waals surface area contributed by atoms with Crippen LogP contribution in [0.1, 0.15) is 108 Å². The van der Waals surface area contributed by atoms with Gasteiger partial charge in [-0.25, -0.2) is 10.9 Å². The number of aromatic amines is 1. The number of hydrogen-bond donors (Lipinski definition) is 25. The maximum absolute atomic E-state index is 15.4. The van der Waals surface area contributed by atoms with Crippen LogP contribution >= 0.6 is 37.9 Å². The lowest BCUT2D eigenvalue weighted by Crippen LogP contribution is -2.63. The van der Waals surface area contributed by atoms with E-state index in [1.165, 1.54) is 33.9 Å². The second-order valence-electron chi connectivity index (χ2n) is 30.7. The van der Waals surface area contributed by atoms with Gasteiger partial charge >= 0.3 is 0 Å². The standard InChI is InChI=1S/C81H115N19O19S3.C4H8/c1-44(71(109)88-39-64(104)68(106)61(41-120)85-4)99-100-63(43-122)79(117)90-53(29-17-19-31-82)72(110)94-59(37-65(84)105)77(115)92-55(33-47-21-9-6-10-22-47)74(112)91-56(34-48-23-11-7-12-24-48)75(113)93-58(36-50-38-87-52-28-16-15-27-51(50)52)76(114)89-54(30-18-20-32-83)73(111)97-66(45(2)102)80(118)95-57(35-49-25-13-8-14-26-49)78(116)98-67(46(3)103)81(119)96-60(40-101)69(107)70(108)62(42-121)86-5;1-4-2-3-4/h6-16,21-28,38,44-46,53-63,66-67,85-87,99-103,120-122H,17-20,29-37,39-43,82-83H2,1-5H3,(H2,84,105)(H,88,109)(H,89,114)(H,90,117)(H,91,112)(H,92,115)(H,93,113)(H,94,110)(H,95,118)(H,96,119)(H,97,111)(H,98,116);4H,2-3H2,1H3/t44-,45+,46+,53?,54-,55?,56-,57-,58?,59-,60-,61-,62-,63-,66-,67-;/m0./s1. The van der Waals surface area contributed by atoms with Crippen LogP contribution in [0.5, 0.6) is 0 Å². The van der Waals surface area contributed by atoms with Crippen LogP contribution in [0.2, 0.25) is 0 Å². The Bertz CT molecular complexity index is 4410. The minimum Gasteiger partial charge on any atom is -0.394 e. The fraction of sp³-hybridized carbons (Fsp3) is 0.506. The predicted molar refractivity (Wildman–Crippen MR) is 480 cm³/mol. The molecule has 1 saturated carbocycles. The molecule has 126 heavy (non-hydrogen) atoms. The van der Waals surface area contributed by atoms with Gasteiger partial charge in [0.05, 0.1) is 49.9 Å². The molecule has 0 bridgehead atoms. The molecule has 5 aromatic rings. The molecule has 0 aliphatic heterocycles. The van der Waals surface area contributed by atoms with E-state index < -0.39 is 210 Å². The number of hydrogen-bond acceptors (Lipinski definition) is 28. The maximum Gasteiger partial charge on any atom is 0.245 e. The van der Waals surface area contributed by atoms with Gasteiger partial charge in [-0.1, -0.05) is 129 Å². The van der Waals surface area contributed by atoms with Crippen molar-refractivity contribution in [3.63, 3.8) is 0 Å². The van der Waals surface area contributed by atoms with E-state index in [2.05, 4.69) is 130 Å². The number of H-pyrrole nitrogens is 1. The number of Topliss-reactive ketones (excluding diaryl/α,β-unsaturated/α-hetero) is 4. The minimum absolute atomic E-state index is 0.0270. The lowest BCUT2D eigenvalue weighted by Gasteiger charge is -2.29. The summed E-state index contributed by atoms with van der Waals surface area (Å²) in [6.07, 6.45) is 0.00355. The van der Waals surface area contributed by atoms with Gasteiger partial charge in [-0.3, -0.25) is 76.7 Å². The number of carbonyl (C=O) groups is 16. The number of unbranched alkanes of at least 4 members (excludes halogenated alkanes) is 2. The molecular formula is C85H123N19O19S3. The quantitative estimate of drug-likeness (QED) is 0.00759. The van der Waals surface area contributed by atoms with Crippen molar-refractivity contribution in [2.75, 3.05) is 57.6 Å². The van der Waals surface area contributed by atoms with Gasteiger partial charge in [-0.2, -0.15) is 37.9 Å². The molecule has 38 nitrogen and oxygen atoms in total. The number of benzene rings is 4. The number of likely N-dealkylation sites (N-methyl/N-ethyl adjacent to an activating group) is 2. The topological polar surface area (TPSA) is 608 Å². The van der Waals surface area contributed by atoms with Gasteiger partial charge in [0.1, 0.15) is 66.5 Å². The van der Waals surface area contributed by atoms with Gasteiger partial charge < -0.3 is 107 Å². The number of hydrazine groups is 1. The summed E-state index contributed by atoms with van der Waals surface area (Å²) in [6, 6.07) is 10.5. The highest BCUT2D eigenvalue weighted by Crippen LogP contribution is 2.27. The molecule has 1 fully saturated rings. The summed E-state index contributed by atoms with van der Waals surface area (Å²) in [5.74, 6) is -15.4. The van der Waals surface area contributed by atoms with Crippen molar-refractivity contribution in [2.24, 2.45) is 23.1 Å². The van der Waals surface area contributed by atoms with E-state index in [1.54, 1.807) is 121 Å². The van der Waals surface area contributed by atoms with Gasteiger partial charge in [0.25, 0.3) is 0 Å². The lowest BCUT2D eigenvalue weighted by molar-refractivity contribution is -0.141. The van der Waals surface area contributed by atoms with Crippen molar-refractivity contribution in [3.8, 4) is 0 Å². The van der Waals surface area contributed by atoms with Crippen molar-refractivity contribution in [2.45, 2.75) is 208 Å². The van der Waals surface area contributed by atoms with Crippen LogP contribution in [0.15, 0.2) is 121 Å². The number of thiol groups is 3. The van der Waals surface area contributed by atoms with E-state index in [0.717, 1.165) is 19.8 Å². The second kappa shape index (κ2) is 55.8. The molecule has 0 spiro atoms. The molecule has 0 radical (unpaired) electrons. The summed E-state index contributed by atoms with van der Waals surface area (Å²) >= 11 is 12.4. The summed E-state index contributed by atoms with van der Waals surface area (Å²) in [5.41, 5.74) is 25.3. The Labute approximate surface area is 748 Å². The van der Waals surface area contributed by atoms with Gasteiger partial charge in [-0.05, 0) is 121 Å². The van der Waals surface area contributed by atoms with E-state index in [4.69, 9.17) is 17.2 Å². The smallest absolute Gasteiger partial charge is 0.245 e. The van der Waals surface area contributed by atoms with Gasteiger partial charge in [0.2, 0.25) is 94.0 Å². The Kier molecular flexibility index (Phi) is 46.9. The Hall–Kier alpha value is -10.6. The molecule has 16 atom stereocenters. The molecule has 25 N–H and O–H groups in total. The second-order valence-corrected chi connectivity index (χ2v) is 31.8. The monoisotopic (exact) mass is 1810 g/mol. The number of ketones is 4. The SMILES string of the molecule is CC1CC1.CN[C@@H](CS)C(=O)C(=O)CNC(=O)[C@H](C)NN[C@@H](CS)C(=O)NC(CCCCN)C(=O)N[C@@H](CC(N)=O)C(=O)NC(Cc1ccccc1)C(=O)N[C@@H](Cc1ccccc1)C(=O)NC(Cc1c[nH]c2ccccc12)C(=O)N[C@@H](CCCCN)C(=O)N[C@H](C(=O)N[C@@H](Cc1ccccc1)C(=O)N[C@H](C(=O)N[C@@H](CO)C(=O)C(=O)[C@H](CS)NC)[C@@H](C)O)[C@@H](C)O. The third-order valence-corrected chi connectivity index (χ3v) is 21.6. The van der Waals surface area contributed by atoms with E-state index in [0.29, 0.717) is 46.0 Å². The molecule has 6 rings (SSSR count). The van der Waals surface area contributed by atoms with E-state index in [9.17, 15) is 77.6 Å². The highest BCUT2D eigenvalue weighted by atomic mass is 32.1. The molecule has 1 aromatic heterocycles. The first-order valence-electron chi connectivity index (χ1n) is 41.6. The van der Waals surface area contributed by atoms with Crippen molar-refractivity contribution < 1.29 is 92.0 Å². The third-order valence-electron chi connectivity index (χ3n) is 20.5. The van der Waals surface area contributed by atoms with E-state index >= 15 is 14.4 Å². The molecular weight excluding hydrogens is 1690 g/mol.